The summed E-state index contributed by atoms with van der Waals surface area (Å²) in [5.74, 6) is 1.32. The van der Waals surface area contributed by atoms with Crippen LogP contribution < -0.4 is 5.73 Å². The molecule has 0 saturated heterocycles. The van der Waals surface area contributed by atoms with Gasteiger partial charge in [0.05, 0.1) is 12.0 Å². The second-order valence-corrected chi connectivity index (χ2v) is 6.34. The Hall–Kier alpha value is -1.42. The Morgan fingerprint density at radius 1 is 1.35 bits per heavy atom. The molecule has 1 amide bonds. The average molecular weight is 273 g/mol. The van der Waals surface area contributed by atoms with Crippen molar-refractivity contribution in [3.63, 3.8) is 0 Å². The largest absolute Gasteiger partial charge is 0.339 e. The molecule has 2 saturated carbocycles. The number of nitrogens with zero attached hydrogens (tertiary/aromatic N) is 2. The molecule has 1 aromatic rings. The lowest BCUT2D eigenvalue weighted by molar-refractivity contribution is -0.138. The van der Waals surface area contributed by atoms with Crippen LogP contribution in [0.15, 0.2) is 24.5 Å². The summed E-state index contributed by atoms with van der Waals surface area (Å²) in [6, 6.07) is 4.06. The van der Waals surface area contributed by atoms with Crippen LogP contribution in [-0.4, -0.2) is 28.9 Å². The lowest BCUT2D eigenvalue weighted by Crippen LogP contribution is -2.46. The highest BCUT2D eigenvalue weighted by molar-refractivity contribution is 5.80. The summed E-state index contributed by atoms with van der Waals surface area (Å²) in [5.41, 5.74) is 7.40. The third-order valence-corrected chi connectivity index (χ3v) is 5.38. The van der Waals surface area contributed by atoms with Crippen LogP contribution in [0.25, 0.3) is 0 Å². The zero-order valence-electron chi connectivity index (χ0n) is 12.2. The molecule has 1 heterocycles. The molecule has 1 aromatic heterocycles. The van der Waals surface area contributed by atoms with Gasteiger partial charge in [0.2, 0.25) is 5.91 Å². The van der Waals surface area contributed by atoms with Crippen molar-refractivity contribution in [3.05, 3.63) is 30.1 Å². The Morgan fingerprint density at radius 2 is 2.00 bits per heavy atom. The van der Waals surface area contributed by atoms with E-state index in [9.17, 15) is 4.79 Å². The highest BCUT2D eigenvalue weighted by Crippen LogP contribution is 2.48. The van der Waals surface area contributed by atoms with Gasteiger partial charge in [0.15, 0.2) is 0 Å². The molecule has 0 spiro atoms. The number of carbonyl (C=O) groups excluding carboxylic acids is 1. The van der Waals surface area contributed by atoms with E-state index in [1.807, 2.05) is 24.1 Å². The summed E-state index contributed by atoms with van der Waals surface area (Å²) < 4.78 is 0. The molecule has 0 aromatic carbocycles. The number of rotatable bonds is 3. The van der Waals surface area contributed by atoms with Gasteiger partial charge in [0.25, 0.3) is 0 Å². The molecule has 2 fully saturated rings. The van der Waals surface area contributed by atoms with Crippen molar-refractivity contribution >= 4 is 5.91 Å². The quantitative estimate of drug-likeness (QED) is 0.916. The third-order valence-electron chi connectivity index (χ3n) is 5.38. The minimum absolute atomic E-state index is 0.0306. The first kappa shape index (κ1) is 13.6. The molecule has 0 radical (unpaired) electrons. The van der Waals surface area contributed by atoms with E-state index >= 15 is 0 Å². The molecule has 2 aliphatic rings. The van der Waals surface area contributed by atoms with Crippen molar-refractivity contribution in [2.45, 2.75) is 38.3 Å². The lowest BCUT2D eigenvalue weighted by atomic mass is 9.83. The van der Waals surface area contributed by atoms with Crippen LogP contribution in [0.2, 0.25) is 0 Å². The zero-order chi connectivity index (χ0) is 14.3. The Bertz CT molecular complexity index is 488. The molecule has 2 bridgehead atoms. The van der Waals surface area contributed by atoms with Crippen molar-refractivity contribution in [1.82, 2.24) is 9.88 Å². The van der Waals surface area contributed by atoms with E-state index in [0.29, 0.717) is 11.8 Å². The standard InChI is InChI=1S/C16H23N3O/c1-10(11-5-7-18-8-6-11)19(2)16(20)14-12-3-4-13(9-12)15(14)17/h5-8,10,12-15H,3-4,9,17H2,1-2H3. The highest BCUT2D eigenvalue weighted by atomic mass is 16.2. The number of hydrogen-bond donors (Lipinski definition) is 1. The first-order chi connectivity index (χ1) is 9.59. The monoisotopic (exact) mass is 273 g/mol. The molecule has 108 valence electrons. The third kappa shape index (κ3) is 2.12. The summed E-state index contributed by atoms with van der Waals surface area (Å²) in [4.78, 5) is 18.7. The van der Waals surface area contributed by atoms with Crippen LogP contribution in [0.5, 0.6) is 0 Å². The Balaban J connectivity index is 1.74. The van der Waals surface area contributed by atoms with E-state index in [4.69, 9.17) is 5.73 Å². The summed E-state index contributed by atoms with van der Waals surface area (Å²) >= 11 is 0. The fourth-order valence-corrected chi connectivity index (χ4v) is 3.99. The molecule has 4 heteroatoms. The van der Waals surface area contributed by atoms with E-state index < -0.39 is 0 Å². The zero-order valence-corrected chi connectivity index (χ0v) is 12.2. The van der Waals surface area contributed by atoms with Gasteiger partial charge >= 0.3 is 0 Å². The van der Waals surface area contributed by atoms with Crippen molar-refractivity contribution < 1.29 is 4.79 Å². The molecule has 2 N–H and O–H groups in total. The maximum absolute atomic E-state index is 12.8. The van der Waals surface area contributed by atoms with Gasteiger partial charge in [0.1, 0.15) is 0 Å². The fraction of sp³-hybridized carbons (Fsp3) is 0.625. The highest BCUT2D eigenvalue weighted by Gasteiger charge is 2.50. The van der Waals surface area contributed by atoms with E-state index in [-0.39, 0.29) is 23.9 Å². The Labute approximate surface area is 120 Å². The van der Waals surface area contributed by atoms with Crippen LogP contribution >= 0.6 is 0 Å². The Morgan fingerprint density at radius 3 is 2.60 bits per heavy atom. The number of pyridine rings is 1. The topological polar surface area (TPSA) is 59.2 Å². The van der Waals surface area contributed by atoms with Crippen LogP contribution in [0, 0.1) is 17.8 Å². The molecule has 0 aliphatic heterocycles. The molecule has 5 unspecified atom stereocenters. The smallest absolute Gasteiger partial charge is 0.227 e. The predicted octanol–water partition coefficient (Wildman–Crippen LogP) is 1.97. The molecule has 5 atom stereocenters. The molecular weight excluding hydrogens is 250 g/mol. The van der Waals surface area contributed by atoms with Gasteiger partial charge in [-0.25, -0.2) is 0 Å². The first-order valence-electron chi connectivity index (χ1n) is 7.51. The summed E-state index contributed by atoms with van der Waals surface area (Å²) in [7, 11) is 1.89. The van der Waals surface area contributed by atoms with Crippen LogP contribution in [0.1, 0.15) is 37.8 Å². The molecular formula is C16H23N3O. The van der Waals surface area contributed by atoms with Gasteiger partial charge in [0, 0.05) is 25.5 Å². The average Bonchev–Trinajstić information content (AvgIpc) is 3.07. The number of nitrogens with two attached hydrogens (primary N) is 1. The number of fused-ring (bicyclic) bond motifs is 2. The second kappa shape index (κ2) is 5.17. The van der Waals surface area contributed by atoms with Crippen molar-refractivity contribution in [2.24, 2.45) is 23.5 Å². The minimum Gasteiger partial charge on any atom is -0.339 e. The van der Waals surface area contributed by atoms with Crippen molar-refractivity contribution in [3.8, 4) is 0 Å². The summed E-state index contributed by atoms with van der Waals surface area (Å²) in [6.45, 7) is 2.06. The van der Waals surface area contributed by atoms with E-state index in [1.165, 1.54) is 12.8 Å². The van der Waals surface area contributed by atoms with Crippen molar-refractivity contribution in [1.29, 1.82) is 0 Å². The Kier molecular flexibility index (Phi) is 3.50. The molecule has 2 aliphatic carbocycles. The SMILES string of the molecule is CC(c1ccncc1)N(C)C(=O)C1C2CCC(C2)C1N. The predicted molar refractivity (Wildman–Crippen MR) is 77.7 cm³/mol. The number of aromatic nitrogens is 1. The second-order valence-electron chi connectivity index (χ2n) is 6.34. The maximum Gasteiger partial charge on any atom is 0.227 e. The lowest BCUT2D eigenvalue weighted by Gasteiger charge is -2.33. The fourth-order valence-electron chi connectivity index (χ4n) is 3.99. The van der Waals surface area contributed by atoms with Gasteiger partial charge < -0.3 is 10.6 Å². The van der Waals surface area contributed by atoms with Crippen LogP contribution in [-0.2, 0) is 4.79 Å². The summed E-state index contributed by atoms with van der Waals surface area (Å²) in [5, 5.41) is 0. The van der Waals surface area contributed by atoms with Gasteiger partial charge in [-0.1, -0.05) is 0 Å². The van der Waals surface area contributed by atoms with Gasteiger partial charge in [-0.05, 0) is 55.7 Å². The molecule has 3 rings (SSSR count). The number of amides is 1. The van der Waals surface area contributed by atoms with Gasteiger partial charge in [-0.3, -0.25) is 9.78 Å². The van der Waals surface area contributed by atoms with E-state index in [1.54, 1.807) is 12.4 Å². The number of carbonyl (C=O) groups is 1. The molecule has 20 heavy (non-hydrogen) atoms. The summed E-state index contributed by atoms with van der Waals surface area (Å²) in [6.07, 6.45) is 7.07. The molecule has 4 nitrogen and oxygen atoms in total. The van der Waals surface area contributed by atoms with Gasteiger partial charge in [-0.2, -0.15) is 0 Å². The van der Waals surface area contributed by atoms with Gasteiger partial charge in [-0.15, -0.1) is 0 Å². The van der Waals surface area contributed by atoms with Crippen LogP contribution in [0.4, 0.5) is 0 Å². The number of hydrogen-bond acceptors (Lipinski definition) is 3. The normalized spacial score (nSPS) is 33.1. The first-order valence-corrected chi connectivity index (χ1v) is 7.51. The van der Waals surface area contributed by atoms with Crippen molar-refractivity contribution in [2.75, 3.05) is 7.05 Å². The van der Waals surface area contributed by atoms with E-state index in [2.05, 4.69) is 11.9 Å². The van der Waals surface area contributed by atoms with E-state index in [0.717, 1.165) is 12.0 Å². The minimum atomic E-state index is 0.0306. The van der Waals surface area contributed by atoms with Crippen LogP contribution in [0.3, 0.4) is 0 Å². The maximum atomic E-state index is 12.8.